The first-order chi connectivity index (χ1) is 8.69. The van der Waals surface area contributed by atoms with E-state index in [1.54, 1.807) is 0 Å². The molecule has 0 fully saturated rings. The number of hydrogen-bond acceptors (Lipinski definition) is 3. The van der Waals surface area contributed by atoms with Gasteiger partial charge in [0.15, 0.2) is 0 Å². The van der Waals surface area contributed by atoms with Crippen molar-refractivity contribution in [3.8, 4) is 0 Å². The van der Waals surface area contributed by atoms with Crippen molar-refractivity contribution in [2.45, 2.75) is 19.6 Å². The first-order valence-electron chi connectivity index (χ1n) is 5.81. The van der Waals surface area contributed by atoms with Gasteiger partial charge < -0.3 is 14.9 Å². The summed E-state index contributed by atoms with van der Waals surface area (Å²) in [5.74, 6) is 1.63. The van der Waals surface area contributed by atoms with Crippen molar-refractivity contribution in [3.05, 3.63) is 58.5 Å². The van der Waals surface area contributed by atoms with E-state index >= 15 is 0 Å². The summed E-state index contributed by atoms with van der Waals surface area (Å²) in [5, 5.41) is 0.718. The molecule has 0 aliphatic heterocycles. The highest BCUT2D eigenvalue weighted by Gasteiger charge is 2.13. The minimum Gasteiger partial charge on any atom is -0.464 e. The van der Waals surface area contributed by atoms with Gasteiger partial charge in [0.25, 0.3) is 0 Å². The molecule has 0 aliphatic rings. The zero-order valence-corrected chi connectivity index (χ0v) is 11.0. The molecule has 18 heavy (non-hydrogen) atoms. The lowest BCUT2D eigenvalue weighted by molar-refractivity contribution is 0.0309. The number of furan rings is 1. The molecule has 96 valence electrons. The summed E-state index contributed by atoms with van der Waals surface area (Å²) >= 11 is 5.82. The topological polar surface area (TPSA) is 48.4 Å². The van der Waals surface area contributed by atoms with Crippen molar-refractivity contribution in [2.75, 3.05) is 6.54 Å². The molecule has 2 rings (SSSR count). The quantitative estimate of drug-likeness (QED) is 0.901. The van der Waals surface area contributed by atoms with Crippen LogP contribution in [0.3, 0.4) is 0 Å². The molecule has 1 unspecified atom stereocenters. The van der Waals surface area contributed by atoms with Crippen LogP contribution in [0.4, 0.5) is 0 Å². The average Bonchev–Trinajstić information content (AvgIpc) is 2.79. The molecule has 3 nitrogen and oxygen atoms in total. The van der Waals surface area contributed by atoms with Gasteiger partial charge in [0.1, 0.15) is 17.6 Å². The molecule has 1 aromatic heterocycles. The molecule has 0 amide bonds. The molecule has 2 N–H and O–H groups in total. The fourth-order valence-corrected chi connectivity index (χ4v) is 1.80. The van der Waals surface area contributed by atoms with E-state index in [-0.39, 0.29) is 6.10 Å². The zero-order chi connectivity index (χ0) is 13.0. The molecule has 0 saturated heterocycles. The Morgan fingerprint density at radius 2 is 1.94 bits per heavy atom. The molecule has 0 spiro atoms. The second kappa shape index (κ2) is 6.05. The van der Waals surface area contributed by atoms with E-state index in [4.69, 9.17) is 26.5 Å². The molecule has 1 atom stereocenters. The van der Waals surface area contributed by atoms with Crippen molar-refractivity contribution in [3.63, 3.8) is 0 Å². The molecular weight excluding hydrogens is 250 g/mol. The van der Waals surface area contributed by atoms with Gasteiger partial charge in [-0.05, 0) is 36.8 Å². The average molecular weight is 266 g/mol. The molecule has 0 radical (unpaired) electrons. The fourth-order valence-electron chi connectivity index (χ4n) is 1.67. The third-order valence-electron chi connectivity index (χ3n) is 2.66. The Balaban J connectivity index is 1.97. The standard InChI is InChI=1S/C14H16ClNO2/c1-10-2-7-13(18-10)14(8-16)17-9-11-3-5-12(15)6-4-11/h2-7,14H,8-9,16H2,1H3. The van der Waals surface area contributed by atoms with Gasteiger partial charge in [-0.25, -0.2) is 0 Å². The third-order valence-corrected chi connectivity index (χ3v) is 2.91. The molecule has 0 aliphatic carbocycles. The Bertz CT molecular complexity index is 493. The molecule has 1 aromatic carbocycles. The summed E-state index contributed by atoms with van der Waals surface area (Å²) in [6.45, 7) is 2.77. The van der Waals surface area contributed by atoms with Crippen LogP contribution in [0.1, 0.15) is 23.2 Å². The number of nitrogens with two attached hydrogens (primary N) is 1. The van der Waals surface area contributed by atoms with E-state index in [2.05, 4.69) is 0 Å². The van der Waals surface area contributed by atoms with Crippen molar-refractivity contribution in [1.82, 2.24) is 0 Å². The number of aryl methyl sites for hydroxylation is 1. The number of rotatable bonds is 5. The van der Waals surface area contributed by atoms with Crippen LogP contribution in [0.25, 0.3) is 0 Å². The Labute approximate surface area is 111 Å². The predicted molar refractivity (Wildman–Crippen MR) is 71.5 cm³/mol. The Morgan fingerprint density at radius 1 is 1.22 bits per heavy atom. The van der Waals surface area contributed by atoms with Crippen LogP contribution in [-0.4, -0.2) is 6.54 Å². The van der Waals surface area contributed by atoms with Crippen molar-refractivity contribution in [1.29, 1.82) is 0 Å². The maximum absolute atomic E-state index is 5.82. The summed E-state index contributed by atoms with van der Waals surface area (Å²) in [4.78, 5) is 0. The minimum absolute atomic E-state index is 0.214. The van der Waals surface area contributed by atoms with Crippen LogP contribution in [-0.2, 0) is 11.3 Å². The van der Waals surface area contributed by atoms with Gasteiger partial charge >= 0.3 is 0 Å². The molecule has 2 aromatic rings. The normalized spacial score (nSPS) is 12.6. The van der Waals surface area contributed by atoms with Crippen molar-refractivity contribution >= 4 is 11.6 Å². The van der Waals surface area contributed by atoms with Crippen LogP contribution in [0.5, 0.6) is 0 Å². The maximum atomic E-state index is 5.82. The maximum Gasteiger partial charge on any atom is 0.134 e. The Morgan fingerprint density at radius 3 is 2.50 bits per heavy atom. The van der Waals surface area contributed by atoms with Gasteiger partial charge in [0.05, 0.1) is 6.61 Å². The summed E-state index contributed by atoms with van der Waals surface area (Å²) in [7, 11) is 0. The second-order valence-electron chi connectivity index (χ2n) is 4.11. The molecule has 1 heterocycles. The van der Waals surface area contributed by atoms with Crippen LogP contribution in [0.2, 0.25) is 5.02 Å². The van der Waals surface area contributed by atoms with Crippen LogP contribution in [0.15, 0.2) is 40.8 Å². The van der Waals surface area contributed by atoms with Gasteiger partial charge in [-0.1, -0.05) is 23.7 Å². The largest absolute Gasteiger partial charge is 0.464 e. The monoisotopic (exact) mass is 265 g/mol. The number of ether oxygens (including phenoxy) is 1. The Kier molecular flexibility index (Phi) is 4.42. The van der Waals surface area contributed by atoms with E-state index in [0.717, 1.165) is 22.1 Å². The minimum atomic E-state index is -0.214. The number of hydrogen-bond donors (Lipinski definition) is 1. The third kappa shape index (κ3) is 3.35. The van der Waals surface area contributed by atoms with Crippen molar-refractivity contribution < 1.29 is 9.15 Å². The van der Waals surface area contributed by atoms with Gasteiger partial charge in [-0.2, -0.15) is 0 Å². The fraction of sp³-hybridized carbons (Fsp3) is 0.286. The lowest BCUT2D eigenvalue weighted by Crippen LogP contribution is -2.15. The van der Waals surface area contributed by atoms with Crippen LogP contribution >= 0.6 is 11.6 Å². The number of halogens is 1. The number of benzene rings is 1. The first-order valence-corrected chi connectivity index (χ1v) is 6.19. The summed E-state index contributed by atoms with van der Waals surface area (Å²) in [6, 6.07) is 11.4. The van der Waals surface area contributed by atoms with Gasteiger partial charge in [0, 0.05) is 11.6 Å². The molecule has 0 bridgehead atoms. The van der Waals surface area contributed by atoms with Gasteiger partial charge in [-0.3, -0.25) is 0 Å². The molecule has 4 heteroatoms. The summed E-state index contributed by atoms with van der Waals surface area (Å²) in [5.41, 5.74) is 6.75. The van der Waals surface area contributed by atoms with Crippen LogP contribution in [0, 0.1) is 6.92 Å². The predicted octanol–water partition coefficient (Wildman–Crippen LogP) is 3.46. The molecule has 0 saturated carbocycles. The zero-order valence-electron chi connectivity index (χ0n) is 10.2. The SMILES string of the molecule is Cc1ccc(C(CN)OCc2ccc(Cl)cc2)o1. The van der Waals surface area contributed by atoms with E-state index in [1.807, 2.05) is 43.3 Å². The van der Waals surface area contributed by atoms with E-state index < -0.39 is 0 Å². The lowest BCUT2D eigenvalue weighted by Gasteiger charge is -2.13. The summed E-state index contributed by atoms with van der Waals surface area (Å²) < 4.78 is 11.3. The summed E-state index contributed by atoms with van der Waals surface area (Å²) in [6.07, 6.45) is -0.214. The smallest absolute Gasteiger partial charge is 0.134 e. The van der Waals surface area contributed by atoms with E-state index in [9.17, 15) is 0 Å². The van der Waals surface area contributed by atoms with Crippen LogP contribution < -0.4 is 5.73 Å². The van der Waals surface area contributed by atoms with Crippen molar-refractivity contribution in [2.24, 2.45) is 5.73 Å². The molecular formula is C14H16ClNO2. The van der Waals surface area contributed by atoms with E-state index in [0.29, 0.717) is 13.2 Å². The van der Waals surface area contributed by atoms with Gasteiger partial charge in [0.2, 0.25) is 0 Å². The highest BCUT2D eigenvalue weighted by molar-refractivity contribution is 6.30. The highest BCUT2D eigenvalue weighted by Crippen LogP contribution is 2.21. The van der Waals surface area contributed by atoms with Gasteiger partial charge in [-0.15, -0.1) is 0 Å². The highest BCUT2D eigenvalue weighted by atomic mass is 35.5. The Hall–Kier alpha value is -1.29. The van der Waals surface area contributed by atoms with E-state index in [1.165, 1.54) is 0 Å². The lowest BCUT2D eigenvalue weighted by atomic mass is 10.2. The first kappa shape index (κ1) is 13.1. The second-order valence-corrected chi connectivity index (χ2v) is 4.55.